The number of carbonyl (C=O) groups excluding carboxylic acids is 1. The van der Waals surface area contributed by atoms with Crippen LogP contribution >= 0.6 is 11.8 Å². The number of rotatable bonds is 5. The molecule has 1 saturated carbocycles. The molecule has 0 spiro atoms. The molecule has 1 aliphatic heterocycles. The molecular weight excluding hydrogens is 296 g/mol. The smallest absolute Gasteiger partial charge is 0.319 e. The minimum absolute atomic E-state index is 0.140. The molecule has 1 aromatic heterocycles. The summed E-state index contributed by atoms with van der Waals surface area (Å²) in [5.41, 5.74) is 1.65. The van der Waals surface area contributed by atoms with E-state index in [1.165, 1.54) is 25.7 Å². The number of nitrogens with zero attached hydrogens (tertiary/aromatic N) is 2. The van der Waals surface area contributed by atoms with E-state index in [1.807, 2.05) is 30.8 Å². The zero-order valence-corrected chi connectivity index (χ0v) is 14.1. The van der Waals surface area contributed by atoms with Crippen molar-refractivity contribution in [3.05, 3.63) is 17.8 Å². The van der Waals surface area contributed by atoms with Crippen molar-refractivity contribution >= 4 is 29.3 Å². The fourth-order valence-corrected chi connectivity index (χ4v) is 3.53. The van der Waals surface area contributed by atoms with Gasteiger partial charge < -0.3 is 15.5 Å². The number of hydrogen-bond donors (Lipinski definition) is 2. The third kappa shape index (κ3) is 3.48. The van der Waals surface area contributed by atoms with E-state index in [0.29, 0.717) is 0 Å². The van der Waals surface area contributed by atoms with Crippen molar-refractivity contribution in [2.24, 2.45) is 0 Å². The molecule has 1 aliphatic carbocycles. The lowest BCUT2D eigenvalue weighted by atomic mass is 10.3. The average Bonchev–Trinajstić information content (AvgIpc) is 3.10. The van der Waals surface area contributed by atoms with Crippen molar-refractivity contribution in [3.63, 3.8) is 0 Å². The number of hydrogen-bond acceptors (Lipinski definition) is 4. The molecule has 0 bridgehead atoms. The lowest BCUT2D eigenvalue weighted by Gasteiger charge is -2.18. The van der Waals surface area contributed by atoms with Gasteiger partial charge in [-0.3, -0.25) is 0 Å². The van der Waals surface area contributed by atoms with E-state index in [1.54, 1.807) is 0 Å². The van der Waals surface area contributed by atoms with Crippen LogP contribution in [0.5, 0.6) is 0 Å². The van der Waals surface area contributed by atoms with Gasteiger partial charge in [0.15, 0.2) is 0 Å². The summed E-state index contributed by atoms with van der Waals surface area (Å²) < 4.78 is 0.282. The Kier molecular flexibility index (Phi) is 4.47. The van der Waals surface area contributed by atoms with Crippen molar-refractivity contribution in [1.82, 2.24) is 10.3 Å². The molecular formula is C16H24N4OS. The lowest BCUT2D eigenvalue weighted by Crippen LogP contribution is -2.35. The topological polar surface area (TPSA) is 57.3 Å². The summed E-state index contributed by atoms with van der Waals surface area (Å²) in [6.45, 7) is 4.84. The Bertz CT molecular complexity index is 553. The van der Waals surface area contributed by atoms with Gasteiger partial charge in [0.05, 0.1) is 11.4 Å². The largest absolute Gasteiger partial charge is 0.357 e. The van der Waals surface area contributed by atoms with Crippen molar-refractivity contribution in [3.8, 4) is 0 Å². The first-order valence-corrected chi connectivity index (χ1v) is 9.17. The van der Waals surface area contributed by atoms with Gasteiger partial charge in [-0.25, -0.2) is 9.78 Å². The summed E-state index contributed by atoms with van der Waals surface area (Å²) in [5, 5.41) is 5.88. The third-order valence-electron chi connectivity index (χ3n) is 4.56. The van der Waals surface area contributed by atoms with E-state index in [-0.39, 0.29) is 10.8 Å². The van der Waals surface area contributed by atoms with Crippen molar-refractivity contribution in [2.45, 2.75) is 37.4 Å². The summed E-state index contributed by atoms with van der Waals surface area (Å²) >= 11 is 1.85. The summed E-state index contributed by atoms with van der Waals surface area (Å²) in [7, 11) is 0. The highest BCUT2D eigenvalue weighted by atomic mass is 32.2. The van der Waals surface area contributed by atoms with E-state index in [0.717, 1.165) is 36.8 Å². The predicted molar refractivity (Wildman–Crippen MR) is 92.9 cm³/mol. The summed E-state index contributed by atoms with van der Waals surface area (Å²) in [6.07, 6.45) is 6.97. The number of aryl methyl sites for hydroxylation is 1. The van der Waals surface area contributed by atoms with Crippen LogP contribution in [0, 0.1) is 6.92 Å². The molecule has 5 nitrogen and oxygen atoms in total. The Morgan fingerprint density at radius 2 is 2.09 bits per heavy atom. The molecule has 0 atom stereocenters. The highest BCUT2D eigenvalue weighted by Crippen LogP contribution is 2.46. The maximum Gasteiger partial charge on any atom is 0.319 e. The number of aromatic nitrogens is 1. The first-order valence-electron chi connectivity index (χ1n) is 7.94. The molecule has 3 rings (SSSR count). The molecule has 2 heterocycles. The van der Waals surface area contributed by atoms with Crippen LogP contribution in [0.15, 0.2) is 12.1 Å². The van der Waals surface area contributed by atoms with Crippen LogP contribution < -0.4 is 15.5 Å². The van der Waals surface area contributed by atoms with Crippen molar-refractivity contribution < 1.29 is 4.79 Å². The van der Waals surface area contributed by atoms with Gasteiger partial charge in [-0.2, -0.15) is 11.8 Å². The lowest BCUT2D eigenvalue weighted by molar-refractivity contribution is 0.252. The number of nitrogens with one attached hydrogen (secondary N) is 2. The van der Waals surface area contributed by atoms with Crippen LogP contribution in [0.2, 0.25) is 0 Å². The zero-order chi connectivity index (χ0) is 15.6. The van der Waals surface area contributed by atoms with E-state index in [9.17, 15) is 4.79 Å². The number of amides is 2. The van der Waals surface area contributed by atoms with Crippen LogP contribution in [0.4, 0.5) is 16.3 Å². The molecule has 6 heteroatoms. The molecule has 120 valence electrons. The quantitative estimate of drug-likeness (QED) is 0.875. The van der Waals surface area contributed by atoms with Crippen LogP contribution in [0.1, 0.15) is 31.4 Å². The van der Waals surface area contributed by atoms with Crippen LogP contribution in [-0.4, -0.2) is 41.7 Å². The molecule has 2 N–H and O–H groups in total. The Balaban J connectivity index is 1.56. The minimum Gasteiger partial charge on any atom is -0.357 e. The zero-order valence-electron chi connectivity index (χ0n) is 13.3. The standard InChI is InChI=1S/C16H24N4OS/c1-12-13(5-6-14(18-12)20-9-3-4-10-20)19-15(21)17-11-16(22-2)7-8-16/h5-6H,3-4,7-11H2,1-2H3,(H2,17,19,21). The number of carbonyl (C=O) groups is 1. The van der Waals surface area contributed by atoms with Gasteiger partial charge >= 0.3 is 6.03 Å². The summed E-state index contributed by atoms with van der Waals surface area (Å²) in [5.74, 6) is 1.01. The molecule has 2 amide bonds. The van der Waals surface area contributed by atoms with Gasteiger partial charge in [0.2, 0.25) is 0 Å². The first-order chi connectivity index (χ1) is 10.6. The minimum atomic E-state index is -0.140. The van der Waals surface area contributed by atoms with Gasteiger partial charge in [-0.1, -0.05) is 0 Å². The number of anilines is 2. The van der Waals surface area contributed by atoms with Crippen molar-refractivity contribution in [1.29, 1.82) is 0 Å². The Hall–Kier alpha value is -1.43. The molecule has 22 heavy (non-hydrogen) atoms. The SMILES string of the molecule is CSC1(CNC(=O)Nc2ccc(N3CCCC3)nc2C)CC1. The van der Waals surface area contributed by atoms with Crippen LogP contribution in [0.25, 0.3) is 0 Å². The monoisotopic (exact) mass is 320 g/mol. The predicted octanol–water partition coefficient (Wildman–Crippen LogP) is 3.01. The number of urea groups is 1. The Morgan fingerprint density at radius 1 is 1.36 bits per heavy atom. The van der Waals surface area contributed by atoms with E-state index < -0.39 is 0 Å². The maximum atomic E-state index is 12.0. The van der Waals surface area contributed by atoms with Crippen LogP contribution in [-0.2, 0) is 0 Å². The normalized spacial score (nSPS) is 19.1. The van der Waals surface area contributed by atoms with Gasteiger partial charge in [0.1, 0.15) is 5.82 Å². The molecule has 1 aromatic rings. The fourth-order valence-electron chi connectivity index (χ4n) is 2.80. The van der Waals surface area contributed by atoms with E-state index >= 15 is 0 Å². The second kappa shape index (κ2) is 6.36. The van der Waals surface area contributed by atoms with E-state index in [2.05, 4.69) is 26.8 Å². The van der Waals surface area contributed by atoms with Gasteiger partial charge in [0, 0.05) is 24.4 Å². The second-order valence-corrected chi connectivity index (χ2v) is 7.47. The Labute approximate surface area is 136 Å². The van der Waals surface area contributed by atoms with Crippen molar-refractivity contribution in [2.75, 3.05) is 36.1 Å². The molecule has 1 saturated heterocycles. The van der Waals surface area contributed by atoms with Crippen LogP contribution in [0.3, 0.4) is 0 Å². The van der Waals surface area contributed by atoms with Gasteiger partial charge in [-0.15, -0.1) is 0 Å². The highest BCUT2D eigenvalue weighted by molar-refractivity contribution is 8.00. The third-order valence-corrected chi connectivity index (χ3v) is 5.98. The fraction of sp³-hybridized carbons (Fsp3) is 0.625. The van der Waals surface area contributed by atoms with Gasteiger partial charge in [-0.05, 0) is 51.0 Å². The molecule has 2 fully saturated rings. The second-order valence-electron chi connectivity index (χ2n) is 6.19. The molecule has 0 aromatic carbocycles. The molecule has 0 unspecified atom stereocenters. The Morgan fingerprint density at radius 3 is 2.68 bits per heavy atom. The van der Waals surface area contributed by atoms with Gasteiger partial charge in [0.25, 0.3) is 0 Å². The number of pyridine rings is 1. The average molecular weight is 320 g/mol. The number of thioether (sulfide) groups is 1. The highest BCUT2D eigenvalue weighted by Gasteiger charge is 2.41. The summed E-state index contributed by atoms with van der Waals surface area (Å²) in [4.78, 5) is 18.9. The first kappa shape index (κ1) is 15.5. The summed E-state index contributed by atoms with van der Waals surface area (Å²) in [6, 6.07) is 3.81. The van der Waals surface area contributed by atoms with E-state index in [4.69, 9.17) is 0 Å². The maximum absolute atomic E-state index is 12.0. The molecule has 0 radical (unpaired) electrons. The molecule has 2 aliphatic rings.